The SMILES string of the molecule is CCC(Sc1cccc(NC(=O)c2ccco2)c1)C(=O)Nc1cc(C)on1. The van der Waals surface area contributed by atoms with E-state index >= 15 is 0 Å². The molecule has 7 nitrogen and oxygen atoms in total. The molecule has 2 heterocycles. The van der Waals surface area contributed by atoms with Crippen LogP contribution >= 0.6 is 11.8 Å². The van der Waals surface area contributed by atoms with Gasteiger partial charge in [0.1, 0.15) is 5.76 Å². The third kappa shape index (κ3) is 5.01. The Morgan fingerprint density at radius 1 is 1.19 bits per heavy atom. The first-order chi connectivity index (χ1) is 13.0. The van der Waals surface area contributed by atoms with Crippen LogP contribution in [-0.4, -0.2) is 22.2 Å². The molecule has 0 saturated heterocycles. The second-order valence-corrected chi connectivity index (χ2v) is 7.06. The summed E-state index contributed by atoms with van der Waals surface area (Å²) in [6, 6.07) is 12.2. The molecule has 27 heavy (non-hydrogen) atoms. The van der Waals surface area contributed by atoms with Crippen LogP contribution in [0, 0.1) is 6.92 Å². The van der Waals surface area contributed by atoms with Gasteiger partial charge in [0.05, 0.1) is 11.5 Å². The number of nitrogens with zero attached hydrogens (tertiary/aromatic N) is 1. The summed E-state index contributed by atoms with van der Waals surface area (Å²) in [6.07, 6.45) is 2.08. The van der Waals surface area contributed by atoms with E-state index < -0.39 is 0 Å². The van der Waals surface area contributed by atoms with Gasteiger partial charge in [-0.25, -0.2) is 0 Å². The number of benzene rings is 1. The van der Waals surface area contributed by atoms with Crippen LogP contribution in [0.25, 0.3) is 0 Å². The Balaban J connectivity index is 1.64. The van der Waals surface area contributed by atoms with Gasteiger partial charge in [0.15, 0.2) is 11.6 Å². The molecule has 2 amide bonds. The topological polar surface area (TPSA) is 97.4 Å². The third-order valence-electron chi connectivity index (χ3n) is 3.66. The molecular formula is C19H19N3O4S. The minimum Gasteiger partial charge on any atom is -0.459 e. The molecule has 2 aromatic heterocycles. The van der Waals surface area contributed by atoms with Crippen molar-refractivity contribution in [3.8, 4) is 0 Å². The first-order valence-electron chi connectivity index (χ1n) is 8.41. The number of hydrogen-bond donors (Lipinski definition) is 2. The molecule has 8 heteroatoms. The molecule has 0 aliphatic carbocycles. The lowest BCUT2D eigenvalue weighted by Gasteiger charge is -2.14. The Morgan fingerprint density at radius 3 is 2.70 bits per heavy atom. The average Bonchev–Trinajstić information content (AvgIpc) is 3.32. The molecule has 3 aromatic rings. The summed E-state index contributed by atoms with van der Waals surface area (Å²) in [5.74, 6) is 0.790. The second-order valence-electron chi connectivity index (χ2n) is 5.79. The van der Waals surface area contributed by atoms with E-state index in [-0.39, 0.29) is 22.8 Å². The molecule has 0 aliphatic rings. The molecule has 1 atom stereocenters. The second kappa shape index (κ2) is 8.59. The minimum absolute atomic E-state index is 0.152. The Labute approximate surface area is 160 Å². The highest BCUT2D eigenvalue weighted by Gasteiger charge is 2.19. The number of thioether (sulfide) groups is 1. The van der Waals surface area contributed by atoms with Gasteiger partial charge in [0.2, 0.25) is 5.91 Å². The highest BCUT2D eigenvalue weighted by molar-refractivity contribution is 8.00. The van der Waals surface area contributed by atoms with E-state index in [9.17, 15) is 9.59 Å². The van der Waals surface area contributed by atoms with E-state index in [1.54, 1.807) is 31.2 Å². The number of amides is 2. The summed E-state index contributed by atoms with van der Waals surface area (Å²) >= 11 is 1.42. The first kappa shape index (κ1) is 18.8. The number of anilines is 2. The molecule has 140 valence electrons. The summed E-state index contributed by atoms with van der Waals surface area (Å²) in [6.45, 7) is 3.70. The van der Waals surface area contributed by atoms with Gasteiger partial charge in [0.25, 0.3) is 5.91 Å². The fourth-order valence-electron chi connectivity index (χ4n) is 2.37. The number of nitrogens with one attached hydrogen (secondary N) is 2. The maximum atomic E-state index is 12.5. The van der Waals surface area contributed by atoms with Gasteiger partial charge in [-0.3, -0.25) is 9.59 Å². The van der Waals surface area contributed by atoms with Crippen LogP contribution in [0.5, 0.6) is 0 Å². The van der Waals surface area contributed by atoms with Crippen LogP contribution in [0.4, 0.5) is 11.5 Å². The Bertz CT molecular complexity index is 921. The summed E-state index contributed by atoms with van der Waals surface area (Å²) in [5.41, 5.74) is 0.629. The lowest BCUT2D eigenvalue weighted by atomic mass is 10.3. The van der Waals surface area contributed by atoms with Crippen molar-refractivity contribution in [3.05, 3.63) is 60.2 Å². The maximum Gasteiger partial charge on any atom is 0.291 e. The standard InChI is InChI=1S/C19H19N3O4S/c1-3-16(19(24)21-17-10-12(2)26-22-17)27-14-7-4-6-13(11-14)20-18(23)15-8-5-9-25-15/h4-11,16H,3H2,1-2H3,(H,20,23)(H,21,22,24). The summed E-state index contributed by atoms with van der Waals surface area (Å²) in [7, 11) is 0. The van der Waals surface area contributed by atoms with Crippen molar-refractivity contribution < 1.29 is 18.5 Å². The highest BCUT2D eigenvalue weighted by atomic mass is 32.2. The monoisotopic (exact) mass is 385 g/mol. The third-order valence-corrected chi connectivity index (χ3v) is 5.02. The van der Waals surface area contributed by atoms with Crippen LogP contribution in [0.15, 0.2) is 62.6 Å². The summed E-state index contributed by atoms with van der Waals surface area (Å²) in [4.78, 5) is 25.4. The Kier molecular flexibility index (Phi) is 5.97. The zero-order valence-corrected chi connectivity index (χ0v) is 15.7. The van der Waals surface area contributed by atoms with Crippen molar-refractivity contribution in [2.75, 3.05) is 10.6 Å². The minimum atomic E-state index is -0.326. The molecule has 0 saturated carbocycles. The largest absolute Gasteiger partial charge is 0.459 e. The van der Waals surface area contributed by atoms with Crippen molar-refractivity contribution in [2.24, 2.45) is 0 Å². The van der Waals surface area contributed by atoms with Crippen LogP contribution in [-0.2, 0) is 4.79 Å². The lowest BCUT2D eigenvalue weighted by molar-refractivity contribution is -0.115. The molecular weight excluding hydrogens is 366 g/mol. The molecule has 1 aromatic carbocycles. The summed E-state index contributed by atoms with van der Waals surface area (Å²) in [5, 5.41) is 9.00. The highest BCUT2D eigenvalue weighted by Crippen LogP contribution is 2.28. The lowest BCUT2D eigenvalue weighted by Crippen LogP contribution is -2.24. The van der Waals surface area contributed by atoms with Gasteiger partial charge in [-0.2, -0.15) is 0 Å². The van der Waals surface area contributed by atoms with Gasteiger partial charge in [-0.05, 0) is 43.7 Å². The van der Waals surface area contributed by atoms with Gasteiger partial charge in [-0.15, -0.1) is 11.8 Å². The summed E-state index contributed by atoms with van der Waals surface area (Å²) < 4.78 is 10.0. The van der Waals surface area contributed by atoms with E-state index in [4.69, 9.17) is 8.94 Å². The zero-order valence-electron chi connectivity index (χ0n) is 14.9. The van der Waals surface area contributed by atoms with Crippen molar-refractivity contribution in [3.63, 3.8) is 0 Å². The molecule has 0 fully saturated rings. The van der Waals surface area contributed by atoms with Gasteiger partial charge < -0.3 is 19.6 Å². The van der Waals surface area contributed by atoms with Gasteiger partial charge >= 0.3 is 0 Å². The van der Waals surface area contributed by atoms with Crippen molar-refractivity contribution in [1.29, 1.82) is 0 Å². The van der Waals surface area contributed by atoms with E-state index in [0.717, 1.165) is 4.90 Å². The fraction of sp³-hybridized carbons (Fsp3) is 0.211. The average molecular weight is 385 g/mol. The van der Waals surface area contributed by atoms with Crippen molar-refractivity contribution in [2.45, 2.75) is 30.4 Å². The molecule has 0 aliphatic heterocycles. The molecule has 0 spiro atoms. The Hall–Kier alpha value is -3.00. The van der Waals surface area contributed by atoms with Crippen LogP contribution < -0.4 is 10.6 Å². The Morgan fingerprint density at radius 2 is 2.04 bits per heavy atom. The number of carbonyl (C=O) groups is 2. The number of rotatable bonds is 7. The van der Waals surface area contributed by atoms with E-state index in [1.165, 1.54) is 18.0 Å². The molecule has 3 rings (SSSR count). The predicted molar refractivity (Wildman–Crippen MR) is 103 cm³/mol. The van der Waals surface area contributed by atoms with E-state index in [2.05, 4.69) is 15.8 Å². The quantitative estimate of drug-likeness (QED) is 0.587. The van der Waals surface area contributed by atoms with Gasteiger partial charge in [0, 0.05) is 16.6 Å². The van der Waals surface area contributed by atoms with Crippen LogP contribution in [0.3, 0.4) is 0 Å². The number of furan rings is 1. The smallest absolute Gasteiger partial charge is 0.291 e. The maximum absolute atomic E-state index is 12.5. The normalized spacial score (nSPS) is 11.8. The molecule has 0 bridgehead atoms. The van der Waals surface area contributed by atoms with E-state index in [1.807, 2.05) is 25.1 Å². The molecule has 2 N–H and O–H groups in total. The molecule has 0 radical (unpaired) electrons. The van der Waals surface area contributed by atoms with Gasteiger partial charge in [-0.1, -0.05) is 18.1 Å². The van der Waals surface area contributed by atoms with Crippen molar-refractivity contribution in [1.82, 2.24) is 5.16 Å². The van der Waals surface area contributed by atoms with Crippen molar-refractivity contribution >= 4 is 35.1 Å². The van der Waals surface area contributed by atoms with Crippen LogP contribution in [0.1, 0.15) is 29.7 Å². The number of hydrogen-bond acceptors (Lipinski definition) is 6. The number of aryl methyl sites for hydroxylation is 1. The first-order valence-corrected chi connectivity index (χ1v) is 9.29. The number of aromatic nitrogens is 1. The fourth-order valence-corrected chi connectivity index (χ4v) is 3.38. The van der Waals surface area contributed by atoms with Crippen LogP contribution in [0.2, 0.25) is 0 Å². The number of carbonyl (C=O) groups excluding carboxylic acids is 2. The molecule has 1 unspecified atom stereocenters. The van der Waals surface area contributed by atoms with E-state index in [0.29, 0.717) is 23.7 Å². The zero-order chi connectivity index (χ0) is 19.2. The predicted octanol–water partition coefficient (Wildman–Crippen LogP) is 4.34.